The third-order valence-corrected chi connectivity index (χ3v) is 6.46. The van der Waals surface area contributed by atoms with Crippen LogP contribution >= 0.6 is 15.9 Å². The van der Waals surface area contributed by atoms with Gasteiger partial charge in [-0.3, -0.25) is 0 Å². The predicted octanol–water partition coefficient (Wildman–Crippen LogP) is 5.00. The van der Waals surface area contributed by atoms with Crippen molar-refractivity contribution in [3.05, 3.63) is 69.2 Å². The number of benzene rings is 1. The van der Waals surface area contributed by atoms with E-state index in [-0.39, 0.29) is 17.5 Å². The number of Topliss-reactive ketones (excluding diaryl/α,β-unsaturated/α-hetero) is 1. The van der Waals surface area contributed by atoms with Crippen molar-refractivity contribution in [1.29, 1.82) is 0 Å². The number of hydrogen-bond donors (Lipinski definition) is 1. The Morgan fingerprint density at radius 2 is 2.12 bits per heavy atom. The monoisotopic (exact) mass is 514 g/mol. The number of halogens is 2. The van der Waals surface area contributed by atoms with E-state index in [4.69, 9.17) is 9.72 Å². The molecule has 33 heavy (non-hydrogen) atoms. The van der Waals surface area contributed by atoms with Crippen LogP contribution in [0.2, 0.25) is 0 Å². The molecule has 1 N–H and O–H groups in total. The molecule has 0 saturated carbocycles. The summed E-state index contributed by atoms with van der Waals surface area (Å²) in [6, 6.07) is 11.0. The minimum atomic E-state index is -0.321. The average Bonchev–Trinajstić information content (AvgIpc) is 3.13. The number of pyridine rings is 1. The molecule has 174 valence electrons. The van der Waals surface area contributed by atoms with Gasteiger partial charge >= 0.3 is 0 Å². The maximum Gasteiger partial charge on any atom is 0.211 e. The number of nitrogens with one attached hydrogen (secondary N) is 1. The lowest BCUT2D eigenvalue weighted by atomic mass is 9.90. The van der Waals surface area contributed by atoms with Gasteiger partial charge in [-0.05, 0) is 77.4 Å². The summed E-state index contributed by atoms with van der Waals surface area (Å²) in [5, 5.41) is 7.94. The number of aryl methyl sites for hydroxylation is 2. The molecule has 1 aromatic carbocycles. The number of fused-ring (bicyclic) bond motifs is 1. The Morgan fingerprint density at radius 3 is 2.91 bits per heavy atom. The molecule has 1 aliphatic heterocycles. The molecular formula is C25H28BrFN4O2. The number of ketones is 1. The van der Waals surface area contributed by atoms with Crippen molar-refractivity contribution < 1.29 is 13.9 Å². The molecule has 3 heterocycles. The molecule has 8 heteroatoms. The van der Waals surface area contributed by atoms with E-state index >= 15 is 0 Å². The molecule has 0 aliphatic carbocycles. The molecule has 1 aliphatic rings. The first-order valence-corrected chi connectivity index (χ1v) is 12.0. The van der Waals surface area contributed by atoms with Crippen molar-refractivity contribution in [1.82, 2.24) is 14.8 Å². The number of aromatic nitrogens is 3. The van der Waals surface area contributed by atoms with Gasteiger partial charge in [0.2, 0.25) is 5.88 Å². The average molecular weight is 515 g/mol. The second-order valence-corrected chi connectivity index (χ2v) is 9.37. The van der Waals surface area contributed by atoms with Crippen LogP contribution in [0.25, 0.3) is 0 Å². The van der Waals surface area contributed by atoms with Crippen LogP contribution in [0, 0.1) is 5.82 Å². The van der Waals surface area contributed by atoms with Gasteiger partial charge in [-0.2, -0.15) is 5.10 Å². The molecule has 4 rings (SSSR count). The third kappa shape index (κ3) is 5.99. The third-order valence-electron chi connectivity index (χ3n) is 5.85. The van der Waals surface area contributed by atoms with Crippen molar-refractivity contribution in [2.75, 3.05) is 18.5 Å². The topological polar surface area (TPSA) is 69.0 Å². The molecule has 0 spiro atoms. The van der Waals surface area contributed by atoms with Crippen LogP contribution in [0.1, 0.15) is 48.2 Å². The Hall–Kier alpha value is -2.74. The van der Waals surface area contributed by atoms with E-state index in [9.17, 15) is 9.18 Å². The van der Waals surface area contributed by atoms with Crippen LogP contribution in [0.4, 0.5) is 10.2 Å². The van der Waals surface area contributed by atoms with Crippen LogP contribution in [0.3, 0.4) is 0 Å². The lowest BCUT2D eigenvalue weighted by Gasteiger charge is -2.17. The van der Waals surface area contributed by atoms with E-state index in [1.807, 2.05) is 13.1 Å². The molecule has 6 nitrogen and oxygen atoms in total. The molecule has 0 fully saturated rings. The van der Waals surface area contributed by atoms with Crippen LogP contribution in [0.15, 0.2) is 40.9 Å². The van der Waals surface area contributed by atoms with Crippen LogP contribution < -0.4 is 10.1 Å². The number of anilines is 1. The Bertz CT molecular complexity index is 1150. The minimum Gasteiger partial charge on any atom is -0.477 e. The zero-order valence-corrected chi connectivity index (χ0v) is 20.5. The fourth-order valence-corrected chi connectivity index (χ4v) is 4.58. The van der Waals surface area contributed by atoms with E-state index in [1.165, 1.54) is 11.6 Å². The minimum absolute atomic E-state index is 0.0832. The quantitative estimate of drug-likeness (QED) is 0.435. The summed E-state index contributed by atoms with van der Waals surface area (Å²) in [6.45, 7) is 3.03. The van der Waals surface area contributed by atoms with Gasteiger partial charge in [-0.1, -0.05) is 12.1 Å². The first-order valence-electron chi connectivity index (χ1n) is 11.2. The molecule has 1 atom stereocenters. The van der Waals surface area contributed by atoms with Crippen molar-refractivity contribution in [3.8, 4) is 5.88 Å². The maximum atomic E-state index is 13.7. The summed E-state index contributed by atoms with van der Waals surface area (Å²) in [6.07, 6.45) is 3.84. The molecule has 0 saturated heterocycles. The second kappa shape index (κ2) is 10.5. The normalized spacial score (nSPS) is 13.8. The SMILES string of the molecule is CC(=O)C[C@H](Cc1cc(OCCc2ccc3c(n2)NCCC3)n(C)n1)c1ccc(F)c(Br)c1. The maximum absolute atomic E-state index is 13.7. The molecule has 0 radical (unpaired) electrons. The van der Waals surface area contributed by atoms with Gasteiger partial charge in [0.1, 0.15) is 17.4 Å². The molecular weight excluding hydrogens is 487 g/mol. The molecule has 2 aromatic heterocycles. The highest BCUT2D eigenvalue weighted by molar-refractivity contribution is 9.10. The number of rotatable bonds is 9. The van der Waals surface area contributed by atoms with Crippen molar-refractivity contribution >= 4 is 27.5 Å². The fourth-order valence-electron chi connectivity index (χ4n) is 4.18. The summed E-state index contributed by atoms with van der Waals surface area (Å²) in [5.41, 5.74) is 4.00. The Balaban J connectivity index is 1.40. The van der Waals surface area contributed by atoms with E-state index in [0.717, 1.165) is 42.2 Å². The number of carbonyl (C=O) groups is 1. The van der Waals surface area contributed by atoms with Crippen LogP contribution in [0.5, 0.6) is 5.88 Å². The Kier molecular flexibility index (Phi) is 7.42. The molecule has 3 aromatic rings. The summed E-state index contributed by atoms with van der Waals surface area (Å²) in [4.78, 5) is 16.6. The summed E-state index contributed by atoms with van der Waals surface area (Å²) < 4.78 is 21.8. The van der Waals surface area contributed by atoms with E-state index in [0.29, 0.717) is 36.2 Å². The summed E-state index contributed by atoms with van der Waals surface area (Å²) in [5.74, 6) is 1.33. The predicted molar refractivity (Wildman–Crippen MR) is 129 cm³/mol. The molecule has 0 bridgehead atoms. The summed E-state index contributed by atoms with van der Waals surface area (Å²) >= 11 is 3.24. The largest absolute Gasteiger partial charge is 0.477 e. The van der Waals surface area contributed by atoms with Gasteiger partial charge in [0.25, 0.3) is 0 Å². The highest BCUT2D eigenvalue weighted by atomic mass is 79.9. The highest BCUT2D eigenvalue weighted by Crippen LogP contribution is 2.29. The van der Waals surface area contributed by atoms with Crippen LogP contribution in [-0.4, -0.2) is 33.7 Å². The first kappa shape index (κ1) is 23.4. The van der Waals surface area contributed by atoms with Crippen molar-refractivity contribution in [2.45, 2.75) is 44.9 Å². The zero-order valence-electron chi connectivity index (χ0n) is 18.9. The number of hydrogen-bond acceptors (Lipinski definition) is 5. The highest BCUT2D eigenvalue weighted by Gasteiger charge is 2.19. The fraction of sp³-hybridized carbons (Fsp3) is 0.400. The van der Waals surface area contributed by atoms with Crippen molar-refractivity contribution in [3.63, 3.8) is 0 Å². The van der Waals surface area contributed by atoms with Gasteiger partial charge < -0.3 is 14.8 Å². The molecule has 0 amide bonds. The smallest absolute Gasteiger partial charge is 0.211 e. The number of carbonyl (C=O) groups excluding carboxylic acids is 1. The van der Waals surface area contributed by atoms with E-state index < -0.39 is 0 Å². The van der Waals surface area contributed by atoms with Gasteiger partial charge in [0.15, 0.2) is 0 Å². The first-order chi connectivity index (χ1) is 15.9. The molecule has 0 unspecified atom stereocenters. The van der Waals surface area contributed by atoms with Gasteiger partial charge in [-0.25, -0.2) is 14.1 Å². The summed E-state index contributed by atoms with van der Waals surface area (Å²) in [7, 11) is 1.84. The number of nitrogens with zero attached hydrogens (tertiary/aromatic N) is 3. The zero-order chi connectivity index (χ0) is 23.4. The van der Waals surface area contributed by atoms with Crippen LogP contribution in [-0.2, 0) is 31.1 Å². The lowest BCUT2D eigenvalue weighted by Crippen LogP contribution is -2.14. The van der Waals surface area contributed by atoms with Gasteiger partial charge in [-0.15, -0.1) is 0 Å². The Morgan fingerprint density at radius 1 is 1.27 bits per heavy atom. The number of ether oxygens (including phenoxy) is 1. The van der Waals surface area contributed by atoms with Gasteiger partial charge in [0, 0.05) is 38.2 Å². The Labute approximate surface area is 201 Å². The van der Waals surface area contributed by atoms with E-state index in [2.05, 4.69) is 38.5 Å². The van der Waals surface area contributed by atoms with Crippen molar-refractivity contribution in [2.24, 2.45) is 7.05 Å². The van der Waals surface area contributed by atoms with E-state index in [1.54, 1.807) is 23.7 Å². The van der Waals surface area contributed by atoms with Gasteiger partial charge in [0.05, 0.1) is 16.8 Å². The standard InChI is InChI=1S/C25H28BrFN4O2/c1-16(32)12-19(18-6-8-23(27)22(26)14-18)13-21-15-24(31(2)30-21)33-11-9-20-7-5-17-4-3-10-28-25(17)29-20/h5-8,14-15,19H,3-4,9-13H2,1-2H3,(H,28,29)/t19-/m1/s1. The lowest BCUT2D eigenvalue weighted by molar-refractivity contribution is -0.117. The second-order valence-electron chi connectivity index (χ2n) is 8.52.